The van der Waals surface area contributed by atoms with Gasteiger partial charge in [0.1, 0.15) is 5.15 Å². The van der Waals surface area contributed by atoms with Gasteiger partial charge in [0.15, 0.2) is 0 Å². The van der Waals surface area contributed by atoms with Crippen molar-refractivity contribution in [1.29, 1.82) is 0 Å². The second-order valence-electron chi connectivity index (χ2n) is 4.90. The smallest absolute Gasteiger partial charge is 0.217 e. The van der Waals surface area contributed by atoms with Crippen LogP contribution in [0.25, 0.3) is 0 Å². The minimum absolute atomic E-state index is 0.0393. The minimum atomic E-state index is 0.0393. The van der Waals surface area contributed by atoms with Crippen LogP contribution in [0.5, 0.6) is 0 Å². The van der Waals surface area contributed by atoms with Crippen molar-refractivity contribution in [2.24, 2.45) is 7.05 Å². The molecule has 0 aromatic carbocycles. The van der Waals surface area contributed by atoms with Crippen molar-refractivity contribution in [3.8, 4) is 0 Å². The van der Waals surface area contributed by atoms with E-state index in [2.05, 4.69) is 15.3 Å². The van der Waals surface area contributed by atoms with Gasteiger partial charge >= 0.3 is 0 Å². The first kappa shape index (κ1) is 13.4. The summed E-state index contributed by atoms with van der Waals surface area (Å²) in [5.41, 5.74) is 2.06. The van der Waals surface area contributed by atoms with Crippen molar-refractivity contribution in [3.05, 3.63) is 16.4 Å². The number of nitrogens with zero attached hydrogens (tertiary/aromatic N) is 3. The Bertz CT molecular complexity index is 457. The van der Waals surface area contributed by atoms with E-state index in [4.69, 9.17) is 11.6 Å². The summed E-state index contributed by atoms with van der Waals surface area (Å²) in [4.78, 5) is 13.3. The lowest BCUT2D eigenvalue weighted by atomic mass is 10.2. The third-order valence-electron chi connectivity index (χ3n) is 3.33. The van der Waals surface area contributed by atoms with E-state index in [9.17, 15) is 4.79 Å². The summed E-state index contributed by atoms with van der Waals surface area (Å²) in [6.07, 6.45) is 0.997. The number of halogens is 1. The molecular formula is C12H19ClN4O. The summed E-state index contributed by atoms with van der Waals surface area (Å²) in [6.45, 7) is 6.20. The highest BCUT2D eigenvalue weighted by Crippen LogP contribution is 2.22. The monoisotopic (exact) mass is 270 g/mol. The lowest BCUT2D eigenvalue weighted by Gasteiger charge is -2.16. The van der Waals surface area contributed by atoms with Crippen LogP contribution in [0.2, 0.25) is 5.15 Å². The Hall–Kier alpha value is -1.07. The molecule has 2 heterocycles. The van der Waals surface area contributed by atoms with Crippen LogP contribution in [0.1, 0.15) is 24.6 Å². The lowest BCUT2D eigenvalue weighted by molar-refractivity contribution is -0.119. The van der Waals surface area contributed by atoms with Crippen LogP contribution in [-0.4, -0.2) is 39.7 Å². The van der Waals surface area contributed by atoms with Crippen LogP contribution >= 0.6 is 11.6 Å². The number of carbonyl (C=O) groups excluding carboxylic acids is 1. The third kappa shape index (κ3) is 2.84. The number of aryl methyl sites for hydroxylation is 2. The largest absolute Gasteiger partial charge is 0.352 e. The highest BCUT2D eigenvalue weighted by molar-refractivity contribution is 6.30. The Morgan fingerprint density at radius 1 is 1.61 bits per heavy atom. The van der Waals surface area contributed by atoms with Gasteiger partial charge in [-0.15, -0.1) is 0 Å². The van der Waals surface area contributed by atoms with Crippen LogP contribution in [0.4, 0.5) is 0 Å². The highest BCUT2D eigenvalue weighted by atomic mass is 35.5. The number of amides is 1. The van der Waals surface area contributed by atoms with Gasteiger partial charge in [-0.3, -0.25) is 14.4 Å². The topological polar surface area (TPSA) is 50.2 Å². The quantitative estimate of drug-likeness (QED) is 0.895. The zero-order valence-electron chi connectivity index (χ0n) is 11.0. The van der Waals surface area contributed by atoms with Crippen molar-refractivity contribution >= 4 is 17.5 Å². The van der Waals surface area contributed by atoms with Crippen molar-refractivity contribution in [3.63, 3.8) is 0 Å². The third-order valence-corrected chi connectivity index (χ3v) is 3.80. The molecule has 1 N–H and O–H groups in total. The Balaban J connectivity index is 1.97. The number of aromatic nitrogens is 2. The normalized spacial score (nSPS) is 20.3. The molecule has 0 saturated carbocycles. The van der Waals surface area contributed by atoms with Crippen molar-refractivity contribution in [2.75, 3.05) is 13.1 Å². The Kier molecular flexibility index (Phi) is 3.92. The molecule has 0 aliphatic carbocycles. The number of likely N-dealkylation sites (tertiary alicyclic amines) is 1. The maximum atomic E-state index is 11.0. The molecule has 1 unspecified atom stereocenters. The molecule has 0 spiro atoms. The van der Waals surface area contributed by atoms with Crippen LogP contribution in [0, 0.1) is 6.92 Å². The van der Waals surface area contributed by atoms with Gasteiger partial charge < -0.3 is 5.32 Å². The van der Waals surface area contributed by atoms with Gasteiger partial charge in [-0.2, -0.15) is 5.10 Å². The SMILES string of the molecule is CC(=O)NC1CCN(Cc2c(C)nn(C)c2Cl)C1. The molecule has 0 radical (unpaired) electrons. The summed E-state index contributed by atoms with van der Waals surface area (Å²) < 4.78 is 1.70. The molecule has 1 atom stereocenters. The number of nitrogens with one attached hydrogen (secondary N) is 1. The van der Waals surface area contributed by atoms with Crippen molar-refractivity contribution in [1.82, 2.24) is 20.0 Å². The highest BCUT2D eigenvalue weighted by Gasteiger charge is 2.24. The number of hydrogen-bond acceptors (Lipinski definition) is 3. The first-order valence-corrected chi connectivity index (χ1v) is 6.52. The number of rotatable bonds is 3. The van der Waals surface area contributed by atoms with Crippen LogP contribution < -0.4 is 5.32 Å². The van der Waals surface area contributed by atoms with Gasteiger partial charge in [0, 0.05) is 45.2 Å². The lowest BCUT2D eigenvalue weighted by Crippen LogP contribution is -2.35. The molecule has 100 valence electrons. The summed E-state index contributed by atoms with van der Waals surface area (Å²) >= 11 is 6.22. The van der Waals surface area contributed by atoms with Crippen LogP contribution in [0.15, 0.2) is 0 Å². The molecule has 2 rings (SSSR count). The van der Waals surface area contributed by atoms with E-state index in [1.54, 1.807) is 11.6 Å². The van der Waals surface area contributed by atoms with E-state index < -0.39 is 0 Å². The number of hydrogen-bond donors (Lipinski definition) is 1. The van der Waals surface area contributed by atoms with Gasteiger partial charge in [-0.25, -0.2) is 0 Å². The zero-order valence-corrected chi connectivity index (χ0v) is 11.8. The predicted octanol–water partition coefficient (Wildman–Crippen LogP) is 1.09. The van der Waals surface area contributed by atoms with E-state index in [0.29, 0.717) is 5.15 Å². The van der Waals surface area contributed by atoms with E-state index >= 15 is 0 Å². The maximum absolute atomic E-state index is 11.0. The van der Waals surface area contributed by atoms with Gasteiger partial charge in [-0.05, 0) is 13.3 Å². The van der Waals surface area contributed by atoms with Gasteiger partial charge in [0.05, 0.1) is 5.69 Å². The van der Waals surface area contributed by atoms with Crippen molar-refractivity contribution < 1.29 is 4.79 Å². The Labute approximate surface area is 112 Å². The molecule has 1 saturated heterocycles. The maximum Gasteiger partial charge on any atom is 0.217 e. The second kappa shape index (κ2) is 5.28. The van der Waals surface area contributed by atoms with Crippen LogP contribution in [-0.2, 0) is 18.4 Å². The summed E-state index contributed by atoms with van der Waals surface area (Å²) in [5, 5.41) is 7.97. The molecular weight excluding hydrogens is 252 g/mol. The molecule has 5 nitrogen and oxygen atoms in total. The average molecular weight is 271 g/mol. The fourth-order valence-electron chi connectivity index (χ4n) is 2.46. The van der Waals surface area contributed by atoms with Crippen LogP contribution in [0.3, 0.4) is 0 Å². The van der Waals surface area contributed by atoms with Gasteiger partial charge in [0.2, 0.25) is 5.91 Å². The molecule has 1 aliphatic heterocycles. The Morgan fingerprint density at radius 3 is 2.89 bits per heavy atom. The standard InChI is InChI=1S/C12H19ClN4O/c1-8-11(12(13)16(3)15-8)7-17-5-4-10(6-17)14-9(2)18/h10H,4-7H2,1-3H3,(H,14,18). The molecule has 1 aromatic heterocycles. The Morgan fingerprint density at radius 2 is 2.33 bits per heavy atom. The first-order chi connectivity index (χ1) is 8.47. The summed E-state index contributed by atoms with van der Waals surface area (Å²) in [7, 11) is 1.85. The minimum Gasteiger partial charge on any atom is -0.352 e. The zero-order chi connectivity index (χ0) is 13.3. The second-order valence-corrected chi connectivity index (χ2v) is 5.26. The fourth-order valence-corrected chi connectivity index (χ4v) is 2.69. The number of carbonyl (C=O) groups is 1. The molecule has 18 heavy (non-hydrogen) atoms. The fraction of sp³-hybridized carbons (Fsp3) is 0.667. The van der Waals surface area contributed by atoms with Gasteiger partial charge in [0.25, 0.3) is 0 Å². The molecule has 1 aromatic rings. The summed E-state index contributed by atoms with van der Waals surface area (Å²) in [6, 6.07) is 0.262. The van der Waals surface area contributed by atoms with E-state index in [-0.39, 0.29) is 11.9 Å². The van der Waals surface area contributed by atoms with E-state index in [1.165, 1.54) is 0 Å². The van der Waals surface area contributed by atoms with E-state index in [0.717, 1.165) is 37.3 Å². The molecule has 6 heteroatoms. The molecule has 1 aliphatic rings. The molecule has 1 amide bonds. The predicted molar refractivity (Wildman–Crippen MR) is 70.5 cm³/mol. The average Bonchev–Trinajstić information content (AvgIpc) is 2.79. The first-order valence-electron chi connectivity index (χ1n) is 6.14. The van der Waals surface area contributed by atoms with E-state index in [1.807, 2.05) is 14.0 Å². The molecule has 1 fully saturated rings. The van der Waals surface area contributed by atoms with Crippen molar-refractivity contribution in [2.45, 2.75) is 32.9 Å². The van der Waals surface area contributed by atoms with Gasteiger partial charge in [-0.1, -0.05) is 11.6 Å². The summed E-state index contributed by atoms with van der Waals surface area (Å²) in [5.74, 6) is 0.0393. The molecule has 0 bridgehead atoms.